The third-order valence-corrected chi connectivity index (χ3v) is 6.61. The third-order valence-electron chi connectivity index (χ3n) is 6.61. The van der Waals surface area contributed by atoms with Crippen LogP contribution in [0.15, 0.2) is 24.3 Å². The molecule has 4 rings (SSSR count). The smallest absolute Gasteiger partial charge is 0.244 e. The lowest BCUT2D eigenvalue weighted by Gasteiger charge is -2.36. The molecule has 0 aromatic heterocycles. The number of likely N-dealkylation sites (tertiary alicyclic amines) is 1. The van der Waals surface area contributed by atoms with Crippen LogP contribution in [0.3, 0.4) is 0 Å². The number of halogens is 1. The second-order valence-electron chi connectivity index (χ2n) is 8.40. The molecule has 6 heteroatoms. The fourth-order valence-electron chi connectivity index (χ4n) is 4.95. The van der Waals surface area contributed by atoms with Crippen LogP contribution < -0.4 is 10.2 Å². The van der Waals surface area contributed by atoms with Gasteiger partial charge in [0, 0.05) is 31.6 Å². The Morgan fingerprint density at radius 2 is 1.68 bits per heavy atom. The molecular formula is C22H30FN3O2. The molecule has 0 spiro atoms. The summed E-state index contributed by atoms with van der Waals surface area (Å²) in [5.74, 6) is 0.0637. The van der Waals surface area contributed by atoms with Crippen molar-refractivity contribution in [1.82, 2.24) is 10.2 Å². The zero-order valence-electron chi connectivity index (χ0n) is 16.4. The Labute approximate surface area is 166 Å². The van der Waals surface area contributed by atoms with E-state index in [9.17, 15) is 14.0 Å². The molecule has 3 aliphatic rings. The molecule has 28 heavy (non-hydrogen) atoms. The fourth-order valence-corrected chi connectivity index (χ4v) is 4.95. The molecular weight excluding hydrogens is 357 g/mol. The van der Waals surface area contributed by atoms with Crippen molar-refractivity contribution >= 4 is 17.5 Å². The highest BCUT2D eigenvalue weighted by Gasteiger charge is 2.39. The lowest BCUT2D eigenvalue weighted by Crippen LogP contribution is -2.51. The predicted octanol–water partition coefficient (Wildman–Crippen LogP) is 3.09. The van der Waals surface area contributed by atoms with Gasteiger partial charge in [-0.25, -0.2) is 4.39 Å². The highest BCUT2D eigenvalue weighted by Crippen LogP contribution is 2.28. The van der Waals surface area contributed by atoms with Crippen molar-refractivity contribution in [3.8, 4) is 0 Å². The van der Waals surface area contributed by atoms with Crippen LogP contribution in [0.2, 0.25) is 0 Å². The molecule has 2 aliphatic heterocycles. The number of hydrogen-bond acceptors (Lipinski definition) is 3. The maximum Gasteiger partial charge on any atom is 0.244 e. The Kier molecular flexibility index (Phi) is 5.95. The molecule has 1 saturated carbocycles. The van der Waals surface area contributed by atoms with E-state index in [0.717, 1.165) is 45.2 Å². The minimum Gasteiger partial charge on any atom is -0.353 e. The van der Waals surface area contributed by atoms with Gasteiger partial charge in [-0.15, -0.1) is 0 Å². The summed E-state index contributed by atoms with van der Waals surface area (Å²) in [5.41, 5.74) is 0.379. The molecule has 1 N–H and O–H groups in total. The number of para-hydroxylation sites is 1. The average molecular weight is 387 g/mol. The minimum absolute atomic E-state index is 0.00482. The van der Waals surface area contributed by atoms with Crippen LogP contribution in [0.1, 0.15) is 51.4 Å². The molecule has 2 saturated heterocycles. The normalized spacial score (nSPS) is 25.2. The van der Waals surface area contributed by atoms with Crippen LogP contribution in [-0.4, -0.2) is 48.4 Å². The van der Waals surface area contributed by atoms with Gasteiger partial charge in [0.05, 0.1) is 11.7 Å². The van der Waals surface area contributed by atoms with E-state index < -0.39 is 0 Å². The molecule has 1 aromatic carbocycles. The van der Waals surface area contributed by atoms with Crippen LogP contribution in [0.4, 0.5) is 10.1 Å². The molecule has 2 heterocycles. The molecule has 0 bridgehead atoms. The summed E-state index contributed by atoms with van der Waals surface area (Å²) in [5, 5.41) is 3.24. The van der Waals surface area contributed by atoms with Gasteiger partial charge in [0.1, 0.15) is 5.82 Å². The SMILES string of the molecule is O=C(NC1CCN(C2CCN(c3ccccc3F)C2=O)CC1)C1CCCCC1. The lowest BCUT2D eigenvalue weighted by atomic mass is 9.88. The number of anilines is 1. The summed E-state index contributed by atoms with van der Waals surface area (Å²) in [4.78, 5) is 29.1. The van der Waals surface area contributed by atoms with Crippen molar-refractivity contribution in [3.05, 3.63) is 30.1 Å². The van der Waals surface area contributed by atoms with Gasteiger partial charge in [-0.3, -0.25) is 14.5 Å². The first kappa shape index (κ1) is 19.4. The predicted molar refractivity (Wildman–Crippen MR) is 106 cm³/mol. The van der Waals surface area contributed by atoms with Crippen LogP contribution in [0.25, 0.3) is 0 Å². The standard InChI is InChI=1S/C22H30FN3O2/c23-18-8-4-5-9-19(18)26-15-12-20(22(26)28)25-13-10-17(11-14-25)24-21(27)16-6-2-1-3-7-16/h4-5,8-9,16-17,20H,1-3,6-7,10-15H2,(H,24,27). The summed E-state index contributed by atoms with van der Waals surface area (Å²) in [6, 6.07) is 6.52. The van der Waals surface area contributed by atoms with Crippen LogP contribution in [0.5, 0.6) is 0 Å². The van der Waals surface area contributed by atoms with E-state index in [-0.39, 0.29) is 35.6 Å². The number of carbonyl (C=O) groups excluding carboxylic acids is 2. The van der Waals surface area contributed by atoms with Gasteiger partial charge >= 0.3 is 0 Å². The number of hydrogen-bond donors (Lipinski definition) is 1. The average Bonchev–Trinajstić information content (AvgIpc) is 3.11. The van der Waals surface area contributed by atoms with E-state index in [2.05, 4.69) is 10.2 Å². The van der Waals surface area contributed by atoms with Crippen molar-refractivity contribution < 1.29 is 14.0 Å². The van der Waals surface area contributed by atoms with Gasteiger partial charge in [0.2, 0.25) is 11.8 Å². The lowest BCUT2D eigenvalue weighted by molar-refractivity contribution is -0.127. The van der Waals surface area contributed by atoms with Crippen molar-refractivity contribution in [1.29, 1.82) is 0 Å². The monoisotopic (exact) mass is 387 g/mol. The van der Waals surface area contributed by atoms with E-state index in [1.165, 1.54) is 25.3 Å². The van der Waals surface area contributed by atoms with Gasteiger partial charge in [0.25, 0.3) is 0 Å². The number of rotatable bonds is 4. The maximum absolute atomic E-state index is 14.1. The van der Waals surface area contributed by atoms with Crippen molar-refractivity contribution in [2.75, 3.05) is 24.5 Å². The van der Waals surface area contributed by atoms with Gasteiger partial charge in [0.15, 0.2) is 0 Å². The quantitative estimate of drug-likeness (QED) is 0.864. The summed E-state index contributed by atoms with van der Waals surface area (Å²) in [6.45, 7) is 2.16. The first-order valence-corrected chi connectivity index (χ1v) is 10.7. The van der Waals surface area contributed by atoms with Gasteiger partial charge in [-0.2, -0.15) is 0 Å². The van der Waals surface area contributed by atoms with Crippen molar-refractivity contribution in [3.63, 3.8) is 0 Å². The third kappa shape index (κ3) is 4.07. The summed E-state index contributed by atoms with van der Waals surface area (Å²) in [7, 11) is 0. The van der Waals surface area contributed by atoms with E-state index >= 15 is 0 Å². The van der Waals surface area contributed by atoms with Crippen molar-refractivity contribution in [2.45, 2.75) is 63.5 Å². The minimum atomic E-state index is -0.347. The Balaban J connectivity index is 1.29. The first-order chi connectivity index (χ1) is 13.6. The number of nitrogens with one attached hydrogen (secondary N) is 1. The number of benzene rings is 1. The van der Waals surface area contributed by atoms with Crippen LogP contribution in [0, 0.1) is 11.7 Å². The molecule has 1 unspecified atom stereocenters. The second-order valence-corrected chi connectivity index (χ2v) is 8.40. The largest absolute Gasteiger partial charge is 0.353 e. The number of piperidine rings is 1. The zero-order valence-corrected chi connectivity index (χ0v) is 16.4. The molecule has 1 aliphatic carbocycles. The first-order valence-electron chi connectivity index (χ1n) is 10.7. The molecule has 1 aromatic rings. The highest BCUT2D eigenvalue weighted by atomic mass is 19.1. The number of carbonyl (C=O) groups is 2. The topological polar surface area (TPSA) is 52.7 Å². The Hall–Kier alpha value is -1.95. The molecule has 0 radical (unpaired) electrons. The number of nitrogens with zero attached hydrogens (tertiary/aromatic N) is 2. The maximum atomic E-state index is 14.1. The molecule has 1 atom stereocenters. The van der Waals surface area contributed by atoms with Crippen molar-refractivity contribution in [2.24, 2.45) is 5.92 Å². The van der Waals surface area contributed by atoms with E-state index in [4.69, 9.17) is 0 Å². The van der Waals surface area contributed by atoms with E-state index in [1.54, 1.807) is 23.1 Å². The highest BCUT2D eigenvalue weighted by molar-refractivity contribution is 5.99. The van der Waals surface area contributed by atoms with Crippen LogP contribution >= 0.6 is 0 Å². The Morgan fingerprint density at radius 3 is 2.39 bits per heavy atom. The van der Waals surface area contributed by atoms with Gasteiger partial charge in [-0.1, -0.05) is 31.4 Å². The summed E-state index contributed by atoms with van der Waals surface area (Å²) in [6.07, 6.45) is 8.11. The fraction of sp³-hybridized carbons (Fsp3) is 0.636. The Bertz CT molecular complexity index is 711. The zero-order chi connectivity index (χ0) is 19.5. The second kappa shape index (κ2) is 8.60. The molecule has 5 nitrogen and oxygen atoms in total. The van der Waals surface area contributed by atoms with Crippen LogP contribution in [-0.2, 0) is 9.59 Å². The van der Waals surface area contributed by atoms with Gasteiger partial charge < -0.3 is 10.2 Å². The molecule has 3 fully saturated rings. The Morgan fingerprint density at radius 1 is 0.964 bits per heavy atom. The van der Waals surface area contributed by atoms with Gasteiger partial charge in [-0.05, 0) is 44.2 Å². The molecule has 2 amide bonds. The summed E-state index contributed by atoms with van der Waals surface area (Å²) >= 11 is 0. The van der Waals surface area contributed by atoms with E-state index in [1.807, 2.05) is 0 Å². The molecule has 152 valence electrons. The number of amides is 2. The summed E-state index contributed by atoms with van der Waals surface area (Å²) < 4.78 is 14.1. The van der Waals surface area contributed by atoms with E-state index in [0.29, 0.717) is 12.2 Å².